The zero-order chi connectivity index (χ0) is 14.6. The molecule has 0 unspecified atom stereocenters. The second-order valence-electron chi connectivity index (χ2n) is 4.36. The number of hydrogen-bond donors (Lipinski definition) is 1. The van der Waals surface area contributed by atoms with Gasteiger partial charge in [0.05, 0.1) is 20.3 Å². The van der Waals surface area contributed by atoms with Crippen molar-refractivity contribution in [2.24, 2.45) is 0 Å². The molecule has 1 rings (SSSR count). The molecule has 0 atom stereocenters. The molecule has 0 aliphatic carbocycles. The maximum Gasteiger partial charge on any atom is 0.161 e. The van der Waals surface area contributed by atoms with Crippen LogP contribution in [-0.2, 0) is 4.74 Å². The quantitative estimate of drug-likeness (QED) is 0.669. The molecule has 1 aromatic carbocycles. The number of ether oxygens (including phenoxy) is 3. The molecule has 1 N–H and O–H groups in total. The highest BCUT2D eigenvalue weighted by molar-refractivity contribution is 5.56. The van der Waals surface area contributed by atoms with Gasteiger partial charge in [-0.15, -0.1) is 0 Å². The van der Waals surface area contributed by atoms with E-state index in [-0.39, 0.29) is 0 Å². The summed E-state index contributed by atoms with van der Waals surface area (Å²) in [6.45, 7) is 5.19. The average molecular weight is 279 g/mol. The first-order valence-corrected chi connectivity index (χ1v) is 6.98. The van der Waals surface area contributed by atoms with Crippen LogP contribution in [0.1, 0.15) is 18.9 Å². The van der Waals surface area contributed by atoms with Crippen LogP contribution in [0.3, 0.4) is 0 Å². The lowest BCUT2D eigenvalue weighted by molar-refractivity contribution is 0.200. The minimum absolute atomic E-state index is 0.703. The molecular weight excluding hydrogens is 254 g/mol. The predicted octanol–water partition coefficient (Wildman–Crippen LogP) is 2.73. The topological polar surface area (TPSA) is 39.7 Å². The smallest absolute Gasteiger partial charge is 0.161 e. The minimum atomic E-state index is 0.703. The van der Waals surface area contributed by atoms with E-state index in [2.05, 4.69) is 24.4 Å². The van der Waals surface area contributed by atoms with Crippen molar-refractivity contribution in [2.75, 3.05) is 40.5 Å². The summed E-state index contributed by atoms with van der Waals surface area (Å²) in [6.07, 6.45) is 5.13. The summed E-state index contributed by atoms with van der Waals surface area (Å²) in [5.41, 5.74) is 1.10. The summed E-state index contributed by atoms with van der Waals surface area (Å²) in [6, 6.07) is 5.96. The maximum atomic E-state index is 5.63. The first-order valence-electron chi connectivity index (χ1n) is 6.98. The van der Waals surface area contributed by atoms with Gasteiger partial charge in [-0.05, 0) is 24.1 Å². The van der Waals surface area contributed by atoms with E-state index in [1.807, 2.05) is 18.2 Å². The Bertz CT molecular complexity index is 405. The second-order valence-corrected chi connectivity index (χ2v) is 4.36. The normalized spacial score (nSPS) is 10.9. The van der Waals surface area contributed by atoms with Gasteiger partial charge in [0.15, 0.2) is 11.5 Å². The van der Waals surface area contributed by atoms with E-state index in [1.54, 1.807) is 14.2 Å². The minimum Gasteiger partial charge on any atom is -0.493 e. The highest BCUT2D eigenvalue weighted by atomic mass is 16.5. The summed E-state index contributed by atoms with van der Waals surface area (Å²) in [7, 11) is 3.36. The van der Waals surface area contributed by atoms with Crippen LogP contribution in [-0.4, -0.2) is 40.5 Å². The third kappa shape index (κ3) is 6.08. The van der Waals surface area contributed by atoms with Gasteiger partial charge in [-0.3, -0.25) is 0 Å². The average Bonchev–Trinajstić information content (AvgIpc) is 2.49. The van der Waals surface area contributed by atoms with E-state index in [0.717, 1.165) is 43.2 Å². The third-order valence-corrected chi connectivity index (χ3v) is 2.70. The molecule has 1 aromatic rings. The fourth-order valence-electron chi connectivity index (χ4n) is 1.67. The Hall–Kier alpha value is -1.52. The lowest BCUT2D eigenvalue weighted by Gasteiger charge is -2.10. The van der Waals surface area contributed by atoms with Gasteiger partial charge in [0.2, 0.25) is 0 Å². The Balaban J connectivity index is 2.52. The Kier molecular flexibility index (Phi) is 8.51. The molecule has 0 fully saturated rings. The molecule has 4 nitrogen and oxygen atoms in total. The number of benzene rings is 1. The summed E-state index contributed by atoms with van der Waals surface area (Å²) in [5.74, 6) is 1.57. The van der Waals surface area contributed by atoms with Crippen molar-refractivity contribution in [1.29, 1.82) is 0 Å². The zero-order valence-electron chi connectivity index (χ0n) is 12.6. The number of methoxy groups -OCH3 is 2. The summed E-state index contributed by atoms with van der Waals surface area (Å²) < 4.78 is 15.9. The van der Waals surface area contributed by atoms with Crippen molar-refractivity contribution in [3.05, 3.63) is 29.8 Å². The molecule has 0 heterocycles. The molecule has 20 heavy (non-hydrogen) atoms. The van der Waals surface area contributed by atoms with E-state index in [0.29, 0.717) is 6.61 Å². The summed E-state index contributed by atoms with van der Waals surface area (Å²) >= 11 is 0. The van der Waals surface area contributed by atoms with E-state index in [4.69, 9.17) is 14.2 Å². The van der Waals surface area contributed by atoms with Gasteiger partial charge in [-0.2, -0.15) is 0 Å². The maximum absolute atomic E-state index is 5.63. The lowest BCUT2D eigenvalue weighted by atomic mass is 10.2. The van der Waals surface area contributed by atoms with Crippen molar-refractivity contribution in [1.82, 2.24) is 5.32 Å². The summed E-state index contributed by atoms with van der Waals surface area (Å²) in [4.78, 5) is 0. The van der Waals surface area contributed by atoms with Crippen LogP contribution in [0.2, 0.25) is 0 Å². The SMILES string of the molecule is CCCOc1ccc(C=CCNCCOC)cc1OC. The van der Waals surface area contributed by atoms with Crippen molar-refractivity contribution in [3.8, 4) is 11.5 Å². The third-order valence-electron chi connectivity index (χ3n) is 2.70. The molecule has 0 aromatic heterocycles. The molecule has 0 amide bonds. The summed E-state index contributed by atoms with van der Waals surface area (Å²) in [5, 5.41) is 3.26. The van der Waals surface area contributed by atoms with Crippen molar-refractivity contribution in [2.45, 2.75) is 13.3 Å². The largest absolute Gasteiger partial charge is 0.493 e. The van der Waals surface area contributed by atoms with E-state index >= 15 is 0 Å². The molecule has 0 bridgehead atoms. The predicted molar refractivity (Wildman–Crippen MR) is 82.6 cm³/mol. The molecular formula is C16H25NO3. The molecule has 0 saturated carbocycles. The Labute approximate surface area is 121 Å². The fraction of sp³-hybridized carbons (Fsp3) is 0.500. The van der Waals surface area contributed by atoms with Crippen molar-refractivity contribution >= 4 is 6.08 Å². The van der Waals surface area contributed by atoms with Crippen LogP contribution in [0.25, 0.3) is 6.08 Å². The van der Waals surface area contributed by atoms with Crippen LogP contribution in [0, 0.1) is 0 Å². The van der Waals surface area contributed by atoms with Gasteiger partial charge in [0.25, 0.3) is 0 Å². The molecule has 4 heteroatoms. The van der Waals surface area contributed by atoms with Gasteiger partial charge in [-0.25, -0.2) is 0 Å². The van der Waals surface area contributed by atoms with Crippen LogP contribution in [0.5, 0.6) is 11.5 Å². The van der Waals surface area contributed by atoms with E-state index in [9.17, 15) is 0 Å². The highest BCUT2D eigenvalue weighted by Gasteiger charge is 2.03. The van der Waals surface area contributed by atoms with E-state index in [1.165, 1.54) is 0 Å². The van der Waals surface area contributed by atoms with Crippen molar-refractivity contribution in [3.63, 3.8) is 0 Å². The number of rotatable bonds is 10. The van der Waals surface area contributed by atoms with Gasteiger partial charge < -0.3 is 19.5 Å². The molecule has 0 aliphatic rings. The van der Waals surface area contributed by atoms with Crippen LogP contribution in [0.15, 0.2) is 24.3 Å². The van der Waals surface area contributed by atoms with Gasteiger partial charge in [0, 0.05) is 20.2 Å². The first kappa shape index (κ1) is 16.5. The molecule has 0 spiro atoms. The number of nitrogens with one attached hydrogen (secondary N) is 1. The zero-order valence-corrected chi connectivity index (χ0v) is 12.6. The second kappa shape index (κ2) is 10.3. The standard InChI is InChI=1S/C16H25NO3/c1-4-11-20-15-8-7-14(13-16(15)19-3)6-5-9-17-10-12-18-2/h5-8,13,17H,4,9-12H2,1-3H3. The highest BCUT2D eigenvalue weighted by Crippen LogP contribution is 2.28. The monoisotopic (exact) mass is 279 g/mol. The fourth-order valence-corrected chi connectivity index (χ4v) is 1.67. The molecule has 0 saturated heterocycles. The Morgan fingerprint density at radius 2 is 2.00 bits per heavy atom. The molecule has 112 valence electrons. The Morgan fingerprint density at radius 1 is 1.15 bits per heavy atom. The lowest BCUT2D eigenvalue weighted by Crippen LogP contribution is -2.18. The van der Waals surface area contributed by atoms with E-state index < -0.39 is 0 Å². The van der Waals surface area contributed by atoms with Crippen LogP contribution in [0.4, 0.5) is 0 Å². The van der Waals surface area contributed by atoms with Crippen LogP contribution < -0.4 is 14.8 Å². The van der Waals surface area contributed by atoms with Gasteiger partial charge >= 0.3 is 0 Å². The molecule has 0 aliphatic heterocycles. The van der Waals surface area contributed by atoms with Gasteiger partial charge in [0.1, 0.15) is 0 Å². The van der Waals surface area contributed by atoms with Crippen LogP contribution >= 0.6 is 0 Å². The van der Waals surface area contributed by atoms with Crippen molar-refractivity contribution < 1.29 is 14.2 Å². The Morgan fingerprint density at radius 3 is 2.70 bits per heavy atom. The first-order chi connectivity index (χ1) is 9.81. The van der Waals surface area contributed by atoms with Gasteiger partial charge in [-0.1, -0.05) is 25.1 Å². The molecule has 0 radical (unpaired) electrons. The number of hydrogen-bond acceptors (Lipinski definition) is 4.